The SMILES string of the molecule is COC(=O)[C@@H](N)[C@H](O)[C@H]1CCCCN1C(=O)OC(C)(C)C. The first-order valence-corrected chi connectivity index (χ1v) is 7.18. The van der Waals surface area contributed by atoms with E-state index >= 15 is 0 Å². The molecule has 3 atom stereocenters. The summed E-state index contributed by atoms with van der Waals surface area (Å²) in [5, 5.41) is 10.3. The largest absolute Gasteiger partial charge is 0.468 e. The van der Waals surface area contributed by atoms with Crippen LogP contribution in [-0.4, -0.2) is 59.5 Å². The Morgan fingerprint density at radius 3 is 2.48 bits per heavy atom. The van der Waals surface area contributed by atoms with Crippen LogP contribution in [0.1, 0.15) is 40.0 Å². The molecular formula is C14H26N2O5. The third kappa shape index (κ3) is 4.86. The summed E-state index contributed by atoms with van der Waals surface area (Å²) < 4.78 is 9.88. The van der Waals surface area contributed by atoms with E-state index in [0.717, 1.165) is 12.8 Å². The van der Waals surface area contributed by atoms with Gasteiger partial charge in [0.1, 0.15) is 17.7 Å². The lowest BCUT2D eigenvalue weighted by Gasteiger charge is -2.40. The summed E-state index contributed by atoms with van der Waals surface area (Å²) in [6, 6.07) is -1.72. The Bertz CT molecular complexity index is 380. The zero-order chi connectivity index (χ0) is 16.2. The summed E-state index contributed by atoms with van der Waals surface area (Å²) in [7, 11) is 1.21. The van der Waals surface area contributed by atoms with Crippen molar-refractivity contribution >= 4 is 12.1 Å². The minimum absolute atomic E-state index is 0.477. The maximum Gasteiger partial charge on any atom is 0.410 e. The fourth-order valence-corrected chi connectivity index (χ4v) is 2.37. The van der Waals surface area contributed by atoms with Gasteiger partial charge in [-0.2, -0.15) is 0 Å². The van der Waals surface area contributed by atoms with Gasteiger partial charge in [0.05, 0.1) is 13.2 Å². The van der Waals surface area contributed by atoms with E-state index in [9.17, 15) is 14.7 Å². The summed E-state index contributed by atoms with van der Waals surface area (Å²) in [6.07, 6.45) is 0.587. The van der Waals surface area contributed by atoms with Crippen molar-refractivity contribution in [3.63, 3.8) is 0 Å². The number of carbonyl (C=O) groups is 2. The highest BCUT2D eigenvalue weighted by molar-refractivity contribution is 5.76. The fourth-order valence-electron chi connectivity index (χ4n) is 2.37. The van der Waals surface area contributed by atoms with Gasteiger partial charge in [-0.25, -0.2) is 4.79 Å². The highest BCUT2D eigenvalue weighted by Gasteiger charge is 2.39. The molecule has 1 aliphatic rings. The van der Waals surface area contributed by atoms with E-state index in [1.807, 2.05) is 0 Å². The van der Waals surface area contributed by atoms with Gasteiger partial charge >= 0.3 is 12.1 Å². The molecule has 0 aromatic carbocycles. The highest BCUT2D eigenvalue weighted by Crippen LogP contribution is 2.23. The van der Waals surface area contributed by atoms with Gasteiger partial charge in [0, 0.05) is 6.54 Å². The van der Waals surface area contributed by atoms with Crippen LogP contribution < -0.4 is 5.73 Å². The zero-order valence-electron chi connectivity index (χ0n) is 13.2. The first kappa shape index (κ1) is 17.7. The molecule has 1 fully saturated rings. The second-order valence-corrected chi connectivity index (χ2v) is 6.28. The van der Waals surface area contributed by atoms with Crippen molar-refractivity contribution in [1.82, 2.24) is 4.90 Å². The molecule has 0 aromatic rings. The molecule has 0 unspecified atom stereocenters. The molecule has 1 amide bonds. The van der Waals surface area contributed by atoms with Gasteiger partial charge in [0.15, 0.2) is 0 Å². The Morgan fingerprint density at radius 1 is 1.33 bits per heavy atom. The number of ether oxygens (including phenoxy) is 2. The Balaban J connectivity index is 2.81. The topological polar surface area (TPSA) is 102 Å². The molecule has 1 heterocycles. The molecule has 0 aliphatic carbocycles. The first-order valence-electron chi connectivity index (χ1n) is 7.18. The van der Waals surface area contributed by atoms with E-state index in [1.54, 1.807) is 20.8 Å². The number of carbonyl (C=O) groups excluding carboxylic acids is 2. The molecule has 0 aromatic heterocycles. The van der Waals surface area contributed by atoms with Crippen LogP contribution in [0.5, 0.6) is 0 Å². The summed E-state index contributed by atoms with van der Waals surface area (Å²) >= 11 is 0. The minimum Gasteiger partial charge on any atom is -0.468 e. The second kappa shape index (κ2) is 7.09. The van der Waals surface area contributed by atoms with E-state index in [0.29, 0.717) is 13.0 Å². The van der Waals surface area contributed by atoms with Gasteiger partial charge in [-0.05, 0) is 40.0 Å². The maximum absolute atomic E-state index is 12.2. The fraction of sp³-hybridized carbons (Fsp3) is 0.857. The van der Waals surface area contributed by atoms with Crippen LogP contribution in [0.3, 0.4) is 0 Å². The molecule has 0 bridgehead atoms. The Kier molecular flexibility index (Phi) is 5.98. The van der Waals surface area contributed by atoms with E-state index in [4.69, 9.17) is 10.5 Å². The van der Waals surface area contributed by atoms with Crippen molar-refractivity contribution in [2.24, 2.45) is 5.73 Å². The van der Waals surface area contributed by atoms with Crippen LogP contribution in [0.25, 0.3) is 0 Å². The lowest BCUT2D eigenvalue weighted by molar-refractivity contribution is -0.146. The third-order valence-corrected chi connectivity index (χ3v) is 3.41. The number of hydrogen-bond donors (Lipinski definition) is 2. The molecule has 7 heteroatoms. The van der Waals surface area contributed by atoms with Crippen LogP contribution in [0.2, 0.25) is 0 Å². The Hall–Kier alpha value is -1.34. The van der Waals surface area contributed by atoms with Crippen molar-refractivity contribution < 1.29 is 24.2 Å². The molecule has 7 nitrogen and oxygen atoms in total. The lowest BCUT2D eigenvalue weighted by atomic mass is 9.93. The quantitative estimate of drug-likeness (QED) is 0.742. The van der Waals surface area contributed by atoms with Crippen LogP contribution in [0, 0.1) is 0 Å². The first-order chi connectivity index (χ1) is 9.67. The predicted molar refractivity (Wildman–Crippen MR) is 76.6 cm³/mol. The molecular weight excluding hydrogens is 276 g/mol. The maximum atomic E-state index is 12.2. The van der Waals surface area contributed by atoms with Crippen molar-refractivity contribution in [3.05, 3.63) is 0 Å². The normalized spacial score (nSPS) is 22.4. The number of rotatable bonds is 3. The van der Waals surface area contributed by atoms with E-state index in [-0.39, 0.29) is 0 Å². The molecule has 0 radical (unpaired) electrons. The van der Waals surface area contributed by atoms with Crippen LogP contribution >= 0.6 is 0 Å². The smallest absolute Gasteiger partial charge is 0.410 e. The van der Waals surface area contributed by atoms with Gasteiger partial charge in [-0.3, -0.25) is 4.79 Å². The Morgan fingerprint density at radius 2 is 1.95 bits per heavy atom. The van der Waals surface area contributed by atoms with Gasteiger partial charge in [-0.1, -0.05) is 0 Å². The monoisotopic (exact) mass is 302 g/mol. The standard InChI is InChI=1S/C14H26N2O5/c1-14(2,3)21-13(19)16-8-6-5-7-9(16)11(17)10(15)12(18)20-4/h9-11,17H,5-8,15H2,1-4H3/t9-,10+,11-/m1/s1. The summed E-state index contributed by atoms with van der Waals surface area (Å²) in [5.41, 5.74) is 5.07. The van der Waals surface area contributed by atoms with Crippen LogP contribution in [0.4, 0.5) is 4.79 Å². The van der Waals surface area contributed by atoms with E-state index in [1.165, 1.54) is 12.0 Å². The molecule has 0 saturated carbocycles. The van der Waals surface area contributed by atoms with Crippen molar-refractivity contribution in [2.45, 2.75) is 63.8 Å². The number of esters is 1. The van der Waals surface area contributed by atoms with Gasteiger partial charge in [-0.15, -0.1) is 0 Å². The number of amides is 1. The average Bonchev–Trinajstić information content (AvgIpc) is 2.43. The van der Waals surface area contributed by atoms with Crippen molar-refractivity contribution in [3.8, 4) is 0 Å². The number of aliphatic hydroxyl groups is 1. The lowest BCUT2D eigenvalue weighted by Crippen LogP contribution is -2.58. The van der Waals surface area contributed by atoms with Gasteiger partial charge in [0.25, 0.3) is 0 Å². The van der Waals surface area contributed by atoms with Crippen molar-refractivity contribution in [1.29, 1.82) is 0 Å². The molecule has 1 rings (SSSR count). The minimum atomic E-state index is -1.18. The number of likely N-dealkylation sites (tertiary alicyclic amines) is 1. The number of nitrogens with zero attached hydrogens (tertiary/aromatic N) is 1. The summed E-state index contributed by atoms with van der Waals surface area (Å²) in [4.78, 5) is 25.1. The predicted octanol–water partition coefficient (Wildman–Crippen LogP) is 0.637. The summed E-state index contributed by atoms with van der Waals surface area (Å²) in [6.45, 7) is 5.81. The average molecular weight is 302 g/mol. The van der Waals surface area contributed by atoms with Gasteiger partial charge in [0.2, 0.25) is 0 Å². The molecule has 1 aliphatic heterocycles. The number of piperidine rings is 1. The van der Waals surface area contributed by atoms with Crippen molar-refractivity contribution in [2.75, 3.05) is 13.7 Å². The number of methoxy groups -OCH3 is 1. The molecule has 1 saturated heterocycles. The molecule has 3 N–H and O–H groups in total. The summed E-state index contributed by atoms with van der Waals surface area (Å²) in [5.74, 6) is -0.697. The highest BCUT2D eigenvalue weighted by atomic mass is 16.6. The molecule has 122 valence electrons. The molecule has 21 heavy (non-hydrogen) atoms. The zero-order valence-corrected chi connectivity index (χ0v) is 13.2. The van der Waals surface area contributed by atoms with Crippen LogP contribution in [0.15, 0.2) is 0 Å². The van der Waals surface area contributed by atoms with Gasteiger partial charge < -0.3 is 25.2 Å². The van der Waals surface area contributed by atoms with Crippen LogP contribution in [-0.2, 0) is 14.3 Å². The van der Waals surface area contributed by atoms with E-state index in [2.05, 4.69) is 4.74 Å². The number of hydrogen-bond acceptors (Lipinski definition) is 6. The Labute approximate surface area is 125 Å². The number of nitrogens with two attached hydrogens (primary N) is 1. The number of aliphatic hydroxyl groups excluding tert-OH is 1. The molecule has 0 spiro atoms. The second-order valence-electron chi connectivity index (χ2n) is 6.28. The van der Waals surface area contributed by atoms with E-state index < -0.39 is 35.9 Å². The third-order valence-electron chi connectivity index (χ3n) is 3.41.